The number of nitrogens with zero attached hydrogens (tertiary/aromatic N) is 4. The van der Waals surface area contributed by atoms with E-state index in [1.54, 1.807) is 25.1 Å². The van der Waals surface area contributed by atoms with Crippen LogP contribution in [0, 0.1) is 5.82 Å². The predicted molar refractivity (Wildman–Crippen MR) is 105 cm³/mol. The van der Waals surface area contributed by atoms with Gasteiger partial charge in [0.05, 0.1) is 19.3 Å². The summed E-state index contributed by atoms with van der Waals surface area (Å²) in [6, 6.07) is 4.71. The van der Waals surface area contributed by atoms with E-state index in [4.69, 9.17) is 0 Å². The highest BCUT2D eigenvalue weighted by atomic mass is 32.1. The molecule has 11 heteroatoms. The Labute approximate surface area is 173 Å². The number of esters is 1. The molecule has 0 fully saturated rings. The standard InChI is InChI=1S/C19H17F2N5O3S/c1-9(16-24-25-17(30-16)10-5-3-4-6-11(10)20)23-13-8-22-15-12(21)7-14(19(28)29-2)26(15)18(13)27/h3-6,8-9,12,14,23H,7H2,1-2H3/t9-,12-,14?/m1/s1. The van der Waals surface area contributed by atoms with Crippen LogP contribution in [0.4, 0.5) is 14.5 Å². The second-order valence-corrected chi connectivity index (χ2v) is 7.75. The Bertz CT molecular complexity index is 1170. The van der Waals surface area contributed by atoms with Crippen molar-refractivity contribution in [3.8, 4) is 10.6 Å². The summed E-state index contributed by atoms with van der Waals surface area (Å²) in [6.07, 6.45) is -0.494. The zero-order valence-corrected chi connectivity index (χ0v) is 16.8. The van der Waals surface area contributed by atoms with Crippen molar-refractivity contribution >= 4 is 23.0 Å². The molecule has 1 unspecified atom stereocenters. The van der Waals surface area contributed by atoms with Gasteiger partial charge in [-0.3, -0.25) is 9.36 Å². The number of carbonyl (C=O) groups is 1. The van der Waals surface area contributed by atoms with Gasteiger partial charge in [-0.25, -0.2) is 18.6 Å². The Hall–Kier alpha value is -3.21. The number of fused-ring (bicyclic) bond motifs is 1. The molecule has 1 aromatic carbocycles. The van der Waals surface area contributed by atoms with E-state index in [2.05, 4.69) is 25.2 Å². The summed E-state index contributed by atoms with van der Waals surface area (Å²) in [6.45, 7) is 1.75. The number of methoxy groups -OCH3 is 1. The molecule has 4 rings (SSSR count). The van der Waals surface area contributed by atoms with Crippen LogP contribution in [0.25, 0.3) is 10.6 Å². The van der Waals surface area contributed by atoms with Gasteiger partial charge < -0.3 is 10.1 Å². The van der Waals surface area contributed by atoms with Crippen molar-refractivity contribution in [1.82, 2.24) is 19.7 Å². The number of hydrogen-bond donors (Lipinski definition) is 1. The van der Waals surface area contributed by atoms with Crippen molar-refractivity contribution in [2.75, 3.05) is 12.4 Å². The predicted octanol–water partition coefficient (Wildman–Crippen LogP) is 3.20. The normalized spacial score (nSPS) is 18.7. The monoisotopic (exact) mass is 433 g/mol. The molecule has 156 valence electrons. The molecule has 0 aliphatic carbocycles. The lowest BCUT2D eigenvalue weighted by Gasteiger charge is -2.15. The number of halogens is 2. The number of nitrogens with one attached hydrogen (secondary N) is 1. The third-order valence-corrected chi connectivity index (χ3v) is 5.94. The van der Waals surface area contributed by atoms with Crippen LogP contribution in [0.1, 0.15) is 42.4 Å². The molecule has 1 N–H and O–H groups in total. The van der Waals surface area contributed by atoms with Crippen LogP contribution in [0.15, 0.2) is 35.3 Å². The lowest BCUT2D eigenvalue weighted by Crippen LogP contribution is -2.31. The fourth-order valence-electron chi connectivity index (χ4n) is 3.31. The smallest absolute Gasteiger partial charge is 0.329 e. The molecule has 1 aliphatic heterocycles. The van der Waals surface area contributed by atoms with Crippen molar-refractivity contribution in [2.24, 2.45) is 0 Å². The fourth-order valence-corrected chi connectivity index (χ4v) is 4.18. The number of anilines is 1. The number of benzene rings is 1. The van der Waals surface area contributed by atoms with Gasteiger partial charge in [0.2, 0.25) is 0 Å². The fraction of sp³-hybridized carbons (Fsp3) is 0.316. The molecule has 3 heterocycles. The maximum absolute atomic E-state index is 14.2. The third kappa shape index (κ3) is 3.45. The molecule has 30 heavy (non-hydrogen) atoms. The van der Waals surface area contributed by atoms with Crippen LogP contribution >= 0.6 is 11.3 Å². The molecule has 8 nitrogen and oxygen atoms in total. The van der Waals surface area contributed by atoms with Crippen LogP contribution in [-0.4, -0.2) is 32.8 Å². The van der Waals surface area contributed by atoms with Gasteiger partial charge in [0.15, 0.2) is 11.2 Å². The van der Waals surface area contributed by atoms with E-state index in [1.165, 1.54) is 30.7 Å². The number of rotatable bonds is 5. The summed E-state index contributed by atoms with van der Waals surface area (Å²) in [5, 5.41) is 12.0. The highest BCUT2D eigenvalue weighted by molar-refractivity contribution is 7.14. The van der Waals surface area contributed by atoms with Gasteiger partial charge in [-0.2, -0.15) is 0 Å². The van der Waals surface area contributed by atoms with Gasteiger partial charge >= 0.3 is 5.97 Å². The third-order valence-electron chi connectivity index (χ3n) is 4.80. The van der Waals surface area contributed by atoms with Crippen LogP contribution < -0.4 is 10.9 Å². The average molecular weight is 433 g/mol. The summed E-state index contributed by atoms with van der Waals surface area (Å²) in [5.74, 6) is -1.22. The number of aromatic nitrogens is 4. The summed E-state index contributed by atoms with van der Waals surface area (Å²) < 4.78 is 33.9. The molecule has 0 amide bonds. The molecule has 3 atom stereocenters. The first-order chi connectivity index (χ1) is 14.4. The Morgan fingerprint density at radius 2 is 2.13 bits per heavy atom. The molecule has 1 aliphatic rings. The Balaban J connectivity index is 1.61. The first kappa shape index (κ1) is 20.1. The zero-order chi connectivity index (χ0) is 21.4. The molecular formula is C19H17F2N5O3S. The lowest BCUT2D eigenvalue weighted by molar-refractivity contribution is -0.144. The first-order valence-corrected chi connectivity index (χ1v) is 9.90. The Kier molecular flexibility index (Phi) is 5.29. The molecule has 0 bridgehead atoms. The molecule has 0 saturated heterocycles. The Morgan fingerprint density at radius 1 is 1.37 bits per heavy atom. The summed E-state index contributed by atoms with van der Waals surface area (Å²) in [4.78, 5) is 28.8. The molecular weight excluding hydrogens is 416 g/mol. The van der Waals surface area contributed by atoms with Crippen molar-refractivity contribution in [1.29, 1.82) is 0 Å². The second-order valence-electron chi connectivity index (χ2n) is 6.74. The average Bonchev–Trinajstić information content (AvgIpc) is 3.35. The van der Waals surface area contributed by atoms with E-state index in [1.807, 2.05) is 0 Å². The van der Waals surface area contributed by atoms with E-state index in [-0.39, 0.29) is 17.9 Å². The molecule has 2 aromatic heterocycles. The quantitative estimate of drug-likeness (QED) is 0.617. The summed E-state index contributed by atoms with van der Waals surface area (Å²) in [5.41, 5.74) is -0.166. The minimum Gasteiger partial charge on any atom is -0.467 e. The maximum Gasteiger partial charge on any atom is 0.329 e. The van der Waals surface area contributed by atoms with E-state index >= 15 is 0 Å². The van der Waals surface area contributed by atoms with Crippen LogP contribution in [0.3, 0.4) is 0 Å². The van der Waals surface area contributed by atoms with Crippen LogP contribution in [0.5, 0.6) is 0 Å². The highest BCUT2D eigenvalue weighted by Gasteiger charge is 2.39. The van der Waals surface area contributed by atoms with Crippen LogP contribution in [0.2, 0.25) is 0 Å². The van der Waals surface area contributed by atoms with Gasteiger partial charge in [0.25, 0.3) is 5.56 Å². The minimum atomic E-state index is -1.53. The summed E-state index contributed by atoms with van der Waals surface area (Å²) >= 11 is 1.18. The van der Waals surface area contributed by atoms with Gasteiger partial charge in [0, 0.05) is 12.0 Å². The zero-order valence-electron chi connectivity index (χ0n) is 16.0. The van der Waals surface area contributed by atoms with E-state index in [0.29, 0.717) is 15.6 Å². The first-order valence-electron chi connectivity index (χ1n) is 9.09. The van der Waals surface area contributed by atoms with Gasteiger partial charge in [-0.1, -0.05) is 23.5 Å². The number of hydrogen-bond acceptors (Lipinski definition) is 8. The maximum atomic E-state index is 14.2. The topological polar surface area (TPSA) is 99.0 Å². The second kappa shape index (κ2) is 7.90. The number of carbonyl (C=O) groups excluding carboxylic acids is 1. The van der Waals surface area contributed by atoms with Crippen molar-refractivity contribution < 1.29 is 18.3 Å². The molecule has 0 radical (unpaired) electrons. The van der Waals surface area contributed by atoms with Crippen molar-refractivity contribution in [3.63, 3.8) is 0 Å². The van der Waals surface area contributed by atoms with E-state index < -0.39 is 35.6 Å². The Morgan fingerprint density at radius 3 is 2.87 bits per heavy atom. The van der Waals surface area contributed by atoms with E-state index in [9.17, 15) is 18.4 Å². The van der Waals surface area contributed by atoms with Gasteiger partial charge in [-0.05, 0) is 19.1 Å². The molecule has 0 spiro atoms. The van der Waals surface area contributed by atoms with Crippen molar-refractivity contribution in [3.05, 3.63) is 57.5 Å². The highest BCUT2D eigenvalue weighted by Crippen LogP contribution is 2.35. The van der Waals surface area contributed by atoms with Gasteiger partial charge in [-0.15, -0.1) is 10.2 Å². The lowest BCUT2D eigenvalue weighted by atomic mass is 10.2. The minimum absolute atomic E-state index is 0.0805. The van der Waals surface area contributed by atoms with Gasteiger partial charge in [0.1, 0.15) is 28.4 Å². The van der Waals surface area contributed by atoms with Crippen molar-refractivity contribution in [2.45, 2.75) is 31.6 Å². The molecule has 0 saturated carbocycles. The number of ether oxygens (including phenoxy) is 1. The number of alkyl halides is 1. The van der Waals surface area contributed by atoms with Crippen LogP contribution in [-0.2, 0) is 9.53 Å². The molecule has 3 aromatic rings. The SMILES string of the molecule is COC(=O)C1C[C@@H](F)c2ncc(N[C@H](C)c3nnc(-c4ccccc4F)s3)c(=O)n21. The largest absolute Gasteiger partial charge is 0.467 e. The van der Waals surface area contributed by atoms with E-state index in [0.717, 1.165) is 4.57 Å². The summed E-state index contributed by atoms with van der Waals surface area (Å²) in [7, 11) is 1.18.